The molecule has 0 radical (unpaired) electrons. The van der Waals surface area contributed by atoms with E-state index in [9.17, 15) is 17.6 Å². The van der Waals surface area contributed by atoms with Crippen molar-refractivity contribution >= 4 is 34.8 Å². The SMILES string of the molecule is FC(Cl)CC(Cl)(Cl)C(F)(F)F. The Bertz CT molecular complexity index is 130. The zero-order chi connectivity index (χ0) is 9.28. The maximum Gasteiger partial charge on any atom is 0.421 e. The van der Waals surface area contributed by atoms with Crippen LogP contribution in [0.5, 0.6) is 0 Å². The number of rotatable bonds is 2. The van der Waals surface area contributed by atoms with E-state index >= 15 is 0 Å². The standard InChI is InChI=1S/C4H3Cl3F4/c5-2(8)1-3(6,7)4(9,10)11/h2H,1H2. The summed E-state index contributed by atoms with van der Waals surface area (Å²) in [5.41, 5.74) is -2.20. The first-order chi connectivity index (χ1) is 4.67. The summed E-state index contributed by atoms with van der Waals surface area (Å²) < 4.78 is 43.8. The predicted octanol–water partition coefficient (Wildman–Crippen LogP) is 3.65. The minimum atomic E-state index is -4.87. The van der Waals surface area contributed by atoms with E-state index in [-0.39, 0.29) is 0 Å². The minimum absolute atomic E-state index is 1.18. The van der Waals surface area contributed by atoms with Crippen molar-refractivity contribution in [1.29, 1.82) is 0 Å². The molecule has 7 heteroatoms. The van der Waals surface area contributed by atoms with Gasteiger partial charge in [-0.2, -0.15) is 13.2 Å². The van der Waals surface area contributed by atoms with Crippen molar-refractivity contribution < 1.29 is 17.6 Å². The van der Waals surface area contributed by atoms with Crippen molar-refractivity contribution in [2.24, 2.45) is 0 Å². The highest BCUT2D eigenvalue weighted by Gasteiger charge is 2.53. The fourth-order valence-corrected chi connectivity index (χ4v) is 0.970. The van der Waals surface area contributed by atoms with Gasteiger partial charge in [-0.25, -0.2) is 4.39 Å². The van der Waals surface area contributed by atoms with Crippen LogP contribution >= 0.6 is 34.8 Å². The lowest BCUT2D eigenvalue weighted by molar-refractivity contribution is -0.144. The monoisotopic (exact) mass is 232 g/mol. The number of alkyl halides is 7. The molecule has 1 unspecified atom stereocenters. The summed E-state index contributed by atoms with van der Waals surface area (Å²) in [5.74, 6) is 0. The maximum absolute atomic E-state index is 11.8. The second-order valence-electron chi connectivity index (χ2n) is 1.80. The van der Waals surface area contributed by atoms with Gasteiger partial charge in [0.05, 0.1) is 0 Å². The van der Waals surface area contributed by atoms with Crippen molar-refractivity contribution in [3.8, 4) is 0 Å². The summed E-state index contributed by atoms with van der Waals surface area (Å²) in [4.78, 5) is 0. The quantitative estimate of drug-likeness (QED) is 0.504. The highest BCUT2D eigenvalue weighted by molar-refractivity contribution is 6.49. The van der Waals surface area contributed by atoms with Crippen LogP contribution < -0.4 is 0 Å². The summed E-state index contributed by atoms with van der Waals surface area (Å²) >= 11 is 14.1. The third-order valence-electron chi connectivity index (χ3n) is 0.825. The Morgan fingerprint density at radius 2 is 1.55 bits per heavy atom. The van der Waals surface area contributed by atoms with E-state index in [1.54, 1.807) is 0 Å². The fourth-order valence-electron chi connectivity index (χ4n) is 0.310. The van der Waals surface area contributed by atoms with E-state index in [1.807, 2.05) is 0 Å². The molecular weight excluding hydrogens is 230 g/mol. The van der Waals surface area contributed by atoms with Crippen LogP contribution in [0.2, 0.25) is 0 Å². The summed E-state index contributed by atoms with van der Waals surface area (Å²) in [6.07, 6.45) is -6.05. The lowest BCUT2D eigenvalue weighted by atomic mass is 10.3. The Balaban J connectivity index is 4.22. The third-order valence-corrected chi connectivity index (χ3v) is 1.72. The molecule has 0 aromatic carbocycles. The van der Waals surface area contributed by atoms with Crippen molar-refractivity contribution in [3.05, 3.63) is 0 Å². The minimum Gasteiger partial charge on any atom is -0.230 e. The zero-order valence-electron chi connectivity index (χ0n) is 4.93. The van der Waals surface area contributed by atoms with E-state index in [2.05, 4.69) is 11.6 Å². The van der Waals surface area contributed by atoms with Crippen LogP contribution in [0.1, 0.15) is 6.42 Å². The number of halogens is 7. The smallest absolute Gasteiger partial charge is 0.230 e. The van der Waals surface area contributed by atoms with E-state index in [1.165, 1.54) is 0 Å². The summed E-state index contributed by atoms with van der Waals surface area (Å²) in [6, 6.07) is 0. The largest absolute Gasteiger partial charge is 0.421 e. The zero-order valence-corrected chi connectivity index (χ0v) is 7.20. The van der Waals surface area contributed by atoms with Gasteiger partial charge in [0.2, 0.25) is 4.33 Å². The second kappa shape index (κ2) is 3.54. The van der Waals surface area contributed by atoms with E-state index in [4.69, 9.17) is 23.2 Å². The van der Waals surface area contributed by atoms with E-state index in [0.29, 0.717) is 0 Å². The second-order valence-corrected chi connectivity index (χ2v) is 3.75. The molecule has 0 rings (SSSR count). The van der Waals surface area contributed by atoms with Crippen LogP contribution in [-0.4, -0.2) is 16.1 Å². The van der Waals surface area contributed by atoms with Crippen LogP contribution in [0.25, 0.3) is 0 Å². The summed E-state index contributed by atoms with van der Waals surface area (Å²) in [6.45, 7) is 0. The Morgan fingerprint density at radius 3 is 1.64 bits per heavy atom. The van der Waals surface area contributed by atoms with Gasteiger partial charge in [-0.3, -0.25) is 0 Å². The van der Waals surface area contributed by atoms with Crippen molar-refractivity contribution in [2.75, 3.05) is 0 Å². The molecule has 0 aliphatic rings. The van der Waals surface area contributed by atoms with Gasteiger partial charge in [0, 0.05) is 6.42 Å². The molecule has 1 atom stereocenters. The molecule has 68 valence electrons. The molecule has 0 amide bonds. The lowest BCUT2D eigenvalue weighted by Gasteiger charge is -2.22. The van der Waals surface area contributed by atoms with Crippen LogP contribution in [0.3, 0.4) is 0 Å². The van der Waals surface area contributed by atoms with Crippen molar-refractivity contribution in [1.82, 2.24) is 0 Å². The lowest BCUT2D eigenvalue weighted by Crippen LogP contribution is -2.35. The van der Waals surface area contributed by atoms with E-state index < -0.39 is 22.6 Å². The molecule has 0 bridgehead atoms. The Labute approximate surface area is 75.4 Å². The van der Waals surface area contributed by atoms with Gasteiger partial charge in [-0.1, -0.05) is 34.8 Å². The van der Waals surface area contributed by atoms with Gasteiger partial charge in [-0.15, -0.1) is 0 Å². The molecule has 0 aliphatic carbocycles. The molecule has 11 heavy (non-hydrogen) atoms. The first-order valence-electron chi connectivity index (χ1n) is 2.39. The average Bonchev–Trinajstić information content (AvgIpc) is 1.56. The first kappa shape index (κ1) is 11.6. The number of hydrogen-bond acceptors (Lipinski definition) is 0. The molecule has 0 nitrogen and oxygen atoms in total. The van der Waals surface area contributed by atoms with Gasteiger partial charge in [0.25, 0.3) is 0 Å². The Hall–Kier alpha value is 0.590. The van der Waals surface area contributed by atoms with Gasteiger partial charge in [0.1, 0.15) is 0 Å². The van der Waals surface area contributed by atoms with Gasteiger partial charge in [-0.05, 0) is 0 Å². The van der Waals surface area contributed by atoms with E-state index in [0.717, 1.165) is 0 Å². The summed E-state index contributed by atoms with van der Waals surface area (Å²) in [7, 11) is 0. The number of hydrogen-bond donors (Lipinski definition) is 0. The summed E-state index contributed by atoms with van der Waals surface area (Å²) in [5, 5.41) is 0. The molecule has 0 aliphatic heterocycles. The third kappa shape index (κ3) is 3.67. The molecule has 0 saturated heterocycles. The highest BCUT2D eigenvalue weighted by Crippen LogP contribution is 2.43. The molecule has 0 saturated carbocycles. The van der Waals surface area contributed by atoms with Crippen molar-refractivity contribution in [3.63, 3.8) is 0 Å². The average molecular weight is 233 g/mol. The van der Waals surface area contributed by atoms with Crippen LogP contribution in [0.4, 0.5) is 17.6 Å². The highest BCUT2D eigenvalue weighted by atomic mass is 35.5. The van der Waals surface area contributed by atoms with Crippen LogP contribution in [-0.2, 0) is 0 Å². The molecular formula is C4H3Cl3F4. The maximum atomic E-state index is 11.8. The normalized spacial score (nSPS) is 16.6. The topological polar surface area (TPSA) is 0 Å². The molecule has 0 aromatic heterocycles. The van der Waals surface area contributed by atoms with Crippen LogP contribution in [0, 0.1) is 0 Å². The van der Waals surface area contributed by atoms with Crippen LogP contribution in [0.15, 0.2) is 0 Å². The molecule has 0 fully saturated rings. The molecule has 0 heterocycles. The predicted molar refractivity (Wildman–Crippen MR) is 35.9 cm³/mol. The van der Waals surface area contributed by atoms with Gasteiger partial charge in [0.15, 0.2) is 5.63 Å². The first-order valence-corrected chi connectivity index (χ1v) is 3.59. The van der Waals surface area contributed by atoms with Gasteiger partial charge < -0.3 is 0 Å². The fraction of sp³-hybridized carbons (Fsp3) is 1.00. The Kier molecular flexibility index (Phi) is 3.73. The van der Waals surface area contributed by atoms with Crippen molar-refractivity contribution in [2.45, 2.75) is 22.6 Å². The Morgan fingerprint density at radius 1 is 1.18 bits per heavy atom. The molecule has 0 spiro atoms. The molecule has 0 N–H and O–H groups in total. The van der Waals surface area contributed by atoms with Gasteiger partial charge >= 0.3 is 6.18 Å². The molecule has 0 aromatic rings.